The fourth-order valence-corrected chi connectivity index (χ4v) is 2.06. The molecule has 0 saturated carbocycles. The lowest BCUT2D eigenvalue weighted by Gasteiger charge is -2.09. The molecule has 2 aromatic rings. The molecular weight excluding hydrogens is 308 g/mol. The summed E-state index contributed by atoms with van der Waals surface area (Å²) in [6, 6.07) is 14.4. The molecule has 2 aromatic carbocycles. The Morgan fingerprint density at radius 2 is 1.50 bits per heavy atom. The van der Waals surface area contributed by atoms with Crippen molar-refractivity contribution in [1.29, 1.82) is 0 Å². The highest BCUT2D eigenvalue weighted by Crippen LogP contribution is 2.19. The van der Waals surface area contributed by atoms with Crippen LogP contribution in [-0.4, -0.2) is 32.9 Å². The lowest BCUT2D eigenvalue weighted by Crippen LogP contribution is -2.05. The third-order valence-electron chi connectivity index (χ3n) is 3.22. The van der Waals surface area contributed by atoms with Crippen molar-refractivity contribution < 1.29 is 23.7 Å². The Labute approximate surface area is 142 Å². The van der Waals surface area contributed by atoms with Crippen molar-refractivity contribution in [3.05, 3.63) is 54.1 Å². The first-order valence-corrected chi connectivity index (χ1v) is 7.89. The summed E-state index contributed by atoms with van der Waals surface area (Å²) in [5, 5.41) is 0. The highest BCUT2D eigenvalue weighted by atomic mass is 16.5. The monoisotopic (exact) mass is 330 g/mol. The molecule has 5 heteroatoms. The van der Waals surface area contributed by atoms with Gasteiger partial charge >= 0.3 is 5.97 Å². The van der Waals surface area contributed by atoms with Crippen LogP contribution in [0.1, 0.15) is 23.7 Å². The Balaban J connectivity index is 1.69. The second kappa shape index (κ2) is 9.45. The Morgan fingerprint density at radius 1 is 0.875 bits per heavy atom. The highest BCUT2D eigenvalue weighted by Gasteiger charge is 2.04. The van der Waals surface area contributed by atoms with E-state index in [4.69, 9.17) is 14.2 Å². The largest absolute Gasteiger partial charge is 0.494 e. The van der Waals surface area contributed by atoms with Crippen LogP contribution in [0.5, 0.6) is 17.2 Å². The molecule has 24 heavy (non-hydrogen) atoms. The van der Waals surface area contributed by atoms with Crippen molar-refractivity contribution in [2.24, 2.45) is 0 Å². The second-order valence-corrected chi connectivity index (χ2v) is 4.97. The van der Waals surface area contributed by atoms with E-state index in [0.29, 0.717) is 31.1 Å². The lowest BCUT2D eigenvalue weighted by molar-refractivity contribution is 0.0600. The van der Waals surface area contributed by atoms with Gasteiger partial charge in [0, 0.05) is 12.5 Å². The number of hydrogen-bond acceptors (Lipinski definition) is 5. The van der Waals surface area contributed by atoms with E-state index in [1.54, 1.807) is 24.3 Å². The molecule has 5 nitrogen and oxygen atoms in total. The van der Waals surface area contributed by atoms with Crippen LogP contribution in [0.2, 0.25) is 0 Å². The molecule has 0 fully saturated rings. The standard InChI is InChI=1S/C19H22O5/c1-3-22-17-6-4-7-18(14-17)24-13-5-12-23-16-10-8-15(9-11-16)19(20)21-2/h4,6-11,14H,3,5,12-13H2,1-2H3. The Morgan fingerprint density at radius 3 is 2.12 bits per heavy atom. The van der Waals surface area contributed by atoms with E-state index in [9.17, 15) is 4.79 Å². The zero-order chi connectivity index (χ0) is 17.2. The minimum atomic E-state index is -0.357. The van der Waals surface area contributed by atoms with Crippen LogP contribution in [0, 0.1) is 0 Å². The van der Waals surface area contributed by atoms with Crippen molar-refractivity contribution in [1.82, 2.24) is 0 Å². The number of carbonyl (C=O) groups is 1. The molecule has 0 aliphatic rings. The fraction of sp³-hybridized carbons (Fsp3) is 0.316. The molecule has 2 rings (SSSR count). The van der Waals surface area contributed by atoms with E-state index in [0.717, 1.165) is 17.9 Å². The van der Waals surface area contributed by atoms with E-state index in [1.807, 2.05) is 31.2 Å². The number of benzene rings is 2. The molecule has 0 N–H and O–H groups in total. The quantitative estimate of drug-likeness (QED) is 0.518. The Bertz CT molecular complexity index is 636. The summed E-state index contributed by atoms with van der Waals surface area (Å²) in [5.41, 5.74) is 0.502. The van der Waals surface area contributed by atoms with Crippen LogP contribution in [0.4, 0.5) is 0 Å². The van der Waals surface area contributed by atoms with Gasteiger partial charge in [-0.05, 0) is 43.3 Å². The van der Waals surface area contributed by atoms with Crippen molar-refractivity contribution in [2.75, 3.05) is 26.9 Å². The minimum Gasteiger partial charge on any atom is -0.494 e. The number of methoxy groups -OCH3 is 1. The minimum absolute atomic E-state index is 0.357. The van der Waals surface area contributed by atoms with Crippen molar-refractivity contribution in [3.63, 3.8) is 0 Å². The maximum atomic E-state index is 11.3. The summed E-state index contributed by atoms with van der Waals surface area (Å²) < 4.78 is 21.4. The van der Waals surface area contributed by atoms with E-state index in [-0.39, 0.29) is 5.97 Å². The van der Waals surface area contributed by atoms with E-state index in [2.05, 4.69) is 4.74 Å². The van der Waals surface area contributed by atoms with Crippen LogP contribution in [0.25, 0.3) is 0 Å². The average molecular weight is 330 g/mol. The number of carbonyl (C=O) groups excluding carboxylic acids is 1. The molecule has 0 bridgehead atoms. The molecule has 0 amide bonds. The van der Waals surface area contributed by atoms with E-state index < -0.39 is 0 Å². The second-order valence-electron chi connectivity index (χ2n) is 4.97. The predicted molar refractivity (Wildman–Crippen MR) is 91.0 cm³/mol. The molecular formula is C19H22O5. The molecule has 0 saturated heterocycles. The van der Waals surface area contributed by atoms with Gasteiger partial charge in [-0.25, -0.2) is 4.79 Å². The van der Waals surface area contributed by atoms with Gasteiger partial charge in [0.2, 0.25) is 0 Å². The number of ether oxygens (including phenoxy) is 4. The molecule has 128 valence electrons. The zero-order valence-corrected chi connectivity index (χ0v) is 14.0. The predicted octanol–water partition coefficient (Wildman–Crippen LogP) is 3.72. The smallest absolute Gasteiger partial charge is 0.337 e. The highest BCUT2D eigenvalue weighted by molar-refractivity contribution is 5.89. The maximum Gasteiger partial charge on any atom is 0.337 e. The molecule has 0 spiro atoms. The summed E-state index contributed by atoms with van der Waals surface area (Å²) >= 11 is 0. The van der Waals surface area contributed by atoms with Crippen molar-refractivity contribution in [3.8, 4) is 17.2 Å². The van der Waals surface area contributed by atoms with Crippen molar-refractivity contribution in [2.45, 2.75) is 13.3 Å². The SMILES string of the molecule is CCOc1cccc(OCCCOc2ccc(C(=O)OC)cc2)c1. The average Bonchev–Trinajstić information content (AvgIpc) is 2.62. The first-order valence-electron chi connectivity index (χ1n) is 7.89. The van der Waals surface area contributed by atoms with Gasteiger partial charge in [-0.3, -0.25) is 0 Å². The molecule has 0 unspecified atom stereocenters. The number of hydrogen-bond donors (Lipinski definition) is 0. The molecule has 0 radical (unpaired) electrons. The Hall–Kier alpha value is -2.69. The molecule has 0 aliphatic heterocycles. The van der Waals surface area contributed by atoms with Gasteiger partial charge in [0.25, 0.3) is 0 Å². The first kappa shape index (κ1) is 17.7. The van der Waals surface area contributed by atoms with Gasteiger partial charge in [0.05, 0.1) is 32.5 Å². The van der Waals surface area contributed by atoms with Crippen LogP contribution >= 0.6 is 0 Å². The molecule has 0 aliphatic carbocycles. The van der Waals surface area contributed by atoms with Gasteiger partial charge in [-0.1, -0.05) is 6.07 Å². The Kier molecular flexibility index (Phi) is 6.95. The summed E-state index contributed by atoms with van der Waals surface area (Å²) in [6.07, 6.45) is 0.748. The number of esters is 1. The van der Waals surface area contributed by atoms with Crippen LogP contribution < -0.4 is 14.2 Å². The van der Waals surface area contributed by atoms with E-state index >= 15 is 0 Å². The third kappa shape index (κ3) is 5.50. The van der Waals surface area contributed by atoms with Crippen LogP contribution in [0.3, 0.4) is 0 Å². The molecule has 0 aromatic heterocycles. The first-order chi connectivity index (χ1) is 11.7. The van der Waals surface area contributed by atoms with Crippen LogP contribution in [-0.2, 0) is 4.74 Å². The number of rotatable bonds is 9. The van der Waals surface area contributed by atoms with Gasteiger partial charge in [-0.2, -0.15) is 0 Å². The van der Waals surface area contributed by atoms with Gasteiger partial charge < -0.3 is 18.9 Å². The normalized spacial score (nSPS) is 10.1. The summed E-state index contributed by atoms with van der Waals surface area (Å²) in [5.74, 6) is 1.94. The third-order valence-corrected chi connectivity index (χ3v) is 3.22. The fourth-order valence-electron chi connectivity index (χ4n) is 2.06. The van der Waals surface area contributed by atoms with Crippen molar-refractivity contribution >= 4 is 5.97 Å². The maximum absolute atomic E-state index is 11.3. The topological polar surface area (TPSA) is 54.0 Å². The van der Waals surface area contributed by atoms with Crippen LogP contribution in [0.15, 0.2) is 48.5 Å². The van der Waals surface area contributed by atoms with Gasteiger partial charge in [0.15, 0.2) is 0 Å². The zero-order valence-electron chi connectivity index (χ0n) is 14.0. The lowest BCUT2D eigenvalue weighted by atomic mass is 10.2. The summed E-state index contributed by atoms with van der Waals surface area (Å²) in [6.45, 7) is 3.66. The van der Waals surface area contributed by atoms with Gasteiger partial charge in [0.1, 0.15) is 17.2 Å². The summed E-state index contributed by atoms with van der Waals surface area (Å²) in [4.78, 5) is 11.3. The summed E-state index contributed by atoms with van der Waals surface area (Å²) in [7, 11) is 1.36. The molecule has 0 heterocycles. The van der Waals surface area contributed by atoms with Gasteiger partial charge in [-0.15, -0.1) is 0 Å². The molecule has 0 atom stereocenters. The van der Waals surface area contributed by atoms with E-state index in [1.165, 1.54) is 7.11 Å².